The fourth-order valence-electron chi connectivity index (χ4n) is 3.28. The van der Waals surface area contributed by atoms with Crippen LogP contribution in [0.2, 0.25) is 0 Å². The maximum absolute atomic E-state index is 6.47. The molecule has 0 radical (unpaired) electrons. The molecule has 1 fully saturated rings. The molecule has 2 heteroatoms. The molecular formula is C16H25NO. The number of aryl methyl sites for hydroxylation is 2. The first-order chi connectivity index (χ1) is 8.59. The Kier molecular flexibility index (Phi) is 4.08. The van der Waals surface area contributed by atoms with E-state index in [1.54, 1.807) is 0 Å². The Labute approximate surface area is 111 Å². The molecule has 2 nitrogen and oxygen atoms in total. The van der Waals surface area contributed by atoms with Gasteiger partial charge in [-0.05, 0) is 49.8 Å². The molecule has 2 N–H and O–H groups in total. The lowest BCUT2D eigenvalue weighted by atomic mass is 9.85. The molecule has 1 aliphatic carbocycles. The SMILES string of the molecule is COC1(C(N)Cc2c(C)cccc2C)CCCC1. The highest BCUT2D eigenvalue weighted by atomic mass is 16.5. The molecule has 0 amide bonds. The second-order valence-electron chi connectivity index (χ2n) is 5.66. The molecule has 0 spiro atoms. The monoisotopic (exact) mass is 247 g/mol. The summed E-state index contributed by atoms with van der Waals surface area (Å²) in [7, 11) is 1.82. The first-order valence-electron chi connectivity index (χ1n) is 6.95. The van der Waals surface area contributed by atoms with E-state index in [0.29, 0.717) is 0 Å². The van der Waals surface area contributed by atoms with Gasteiger partial charge in [0.25, 0.3) is 0 Å². The van der Waals surface area contributed by atoms with Crippen LogP contribution in [0.25, 0.3) is 0 Å². The summed E-state index contributed by atoms with van der Waals surface area (Å²) in [5.74, 6) is 0. The number of hydrogen-bond donors (Lipinski definition) is 1. The van der Waals surface area contributed by atoms with Crippen LogP contribution in [0.5, 0.6) is 0 Å². The normalized spacial score (nSPS) is 20.0. The molecule has 0 heterocycles. The zero-order chi connectivity index (χ0) is 13.2. The quantitative estimate of drug-likeness (QED) is 0.887. The number of benzene rings is 1. The third kappa shape index (κ3) is 2.45. The lowest BCUT2D eigenvalue weighted by molar-refractivity contribution is -0.0254. The van der Waals surface area contributed by atoms with Gasteiger partial charge >= 0.3 is 0 Å². The van der Waals surface area contributed by atoms with Gasteiger partial charge in [-0.25, -0.2) is 0 Å². The lowest BCUT2D eigenvalue weighted by Gasteiger charge is -2.34. The van der Waals surface area contributed by atoms with Gasteiger partial charge in [-0.15, -0.1) is 0 Å². The third-order valence-electron chi connectivity index (χ3n) is 4.60. The zero-order valence-corrected chi connectivity index (χ0v) is 11.8. The molecule has 0 saturated heterocycles. The van der Waals surface area contributed by atoms with Gasteiger partial charge in [0.15, 0.2) is 0 Å². The third-order valence-corrected chi connectivity index (χ3v) is 4.60. The van der Waals surface area contributed by atoms with Gasteiger partial charge in [-0.1, -0.05) is 31.0 Å². The zero-order valence-electron chi connectivity index (χ0n) is 11.8. The van der Waals surface area contributed by atoms with Crippen molar-refractivity contribution < 1.29 is 4.74 Å². The molecule has 1 saturated carbocycles. The molecule has 0 aliphatic heterocycles. The van der Waals surface area contributed by atoms with Crippen LogP contribution in [0.3, 0.4) is 0 Å². The predicted molar refractivity (Wildman–Crippen MR) is 75.8 cm³/mol. The fraction of sp³-hybridized carbons (Fsp3) is 0.625. The van der Waals surface area contributed by atoms with Crippen molar-refractivity contribution in [2.24, 2.45) is 5.73 Å². The van der Waals surface area contributed by atoms with Crippen molar-refractivity contribution in [1.82, 2.24) is 0 Å². The van der Waals surface area contributed by atoms with Crippen molar-refractivity contribution in [3.05, 3.63) is 34.9 Å². The first kappa shape index (κ1) is 13.6. The van der Waals surface area contributed by atoms with E-state index in [2.05, 4.69) is 32.0 Å². The van der Waals surface area contributed by atoms with Crippen LogP contribution >= 0.6 is 0 Å². The summed E-state index contributed by atoms with van der Waals surface area (Å²) in [6, 6.07) is 6.55. The van der Waals surface area contributed by atoms with Gasteiger partial charge in [-0.2, -0.15) is 0 Å². The summed E-state index contributed by atoms with van der Waals surface area (Å²) in [6.45, 7) is 4.34. The van der Waals surface area contributed by atoms with Crippen LogP contribution in [0, 0.1) is 13.8 Å². The van der Waals surface area contributed by atoms with Crippen molar-refractivity contribution in [3.8, 4) is 0 Å². The van der Waals surface area contributed by atoms with Crippen LogP contribution in [0.4, 0.5) is 0 Å². The van der Waals surface area contributed by atoms with Crippen molar-refractivity contribution in [3.63, 3.8) is 0 Å². The van der Waals surface area contributed by atoms with Gasteiger partial charge in [-0.3, -0.25) is 0 Å². The fourth-order valence-corrected chi connectivity index (χ4v) is 3.28. The highest BCUT2D eigenvalue weighted by Gasteiger charge is 2.39. The number of ether oxygens (including phenoxy) is 1. The van der Waals surface area contributed by atoms with Gasteiger partial charge in [0.1, 0.15) is 0 Å². The molecular weight excluding hydrogens is 222 g/mol. The summed E-state index contributed by atoms with van der Waals surface area (Å²) in [5.41, 5.74) is 10.5. The van der Waals surface area contributed by atoms with E-state index in [9.17, 15) is 0 Å². The molecule has 2 rings (SSSR count). The molecule has 1 atom stereocenters. The Balaban J connectivity index is 2.18. The van der Waals surface area contributed by atoms with E-state index in [0.717, 1.165) is 19.3 Å². The Bertz CT molecular complexity index is 387. The maximum atomic E-state index is 6.47. The molecule has 0 aromatic heterocycles. The number of hydrogen-bond acceptors (Lipinski definition) is 2. The van der Waals surface area contributed by atoms with E-state index >= 15 is 0 Å². The van der Waals surface area contributed by atoms with Gasteiger partial charge in [0.2, 0.25) is 0 Å². The van der Waals surface area contributed by atoms with Crippen LogP contribution in [0.1, 0.15) is 42.4 Å². The topological polar surface area (TPSA) is 35.2 Å². The Morgan fingerprint density at radius 1 is 1.22 bits per heavy atom. The van der Waals surface area contributed by atoms with Gasteiger partial charge in [0.05, 0.1) is 5.60 Å². The molecule has 1 unspecified atom stereocenters. The van der Waals surface area contributed by atoms with E-state index in [-0.39, 0.29) is 11.6 Å². The molecule has 0 bridgehead atoms. The molecule has 1 aliphatic rings. The second kappa shape index (κ2) is 5.41. The van der Waals surface area contributed by atoms with Crippen molar-refractivity contribution in [2.75, 3.05) is 7.11 Å². The summed E-state index contributed by atoms with van der Waals surface area (Å²) in [5, 5.41) is 0. The Hall–Kier alpha value is -0.860. The van der Waals surface area contributed by atoms with Crippen LogP contribution in [0.15, 0.2) is 18.2 Å². The predicted octanol–water partition coefficient (Wildman–Crippen LogP) is 3.13. The summed E-state index contributed by atoms with van der Waals surface area (Å²) in [4.78, 5) is 0. The van der Waals surface area contributed by atoms with E-state index < -0.39 is 0 Å². The largest absolute Gasteiger partial charge is 0.377 e. The van der Waals surface area contributed by atoms with Crippen LogP contribution in [-0.4, -0.2) is 18.8 Å². The first-order valence-corrected chi connectivity index (χ1v) is 6.95. The van der Waals surface area contributed by atoms with Crippen LogP contribution < -0.4 is 5.73 Å². The summed E-state index contributed by atoms with van der Waals surface area (Å²) < 4.78 is 5.79. The average molecular weight is 247 g/mol. The number of nitrogens with two attached hydrogens (primary N) is 1. The smallest absolute Gasteiger partial charge is 0.0832 e. The highest BCUT2D eigenvalue weighted by molar-refractivity contribution is 5.34. The Morgan fingerprint density at radius 2 is 1.78 bits per heavy atom. The van der Waals surface area contributed by atoms with Crippen molar-refractivity contribution in [1.29, 1.82) is 0 Å². The van der Waals surface area contributed by atoms with Crippen LogP contribution in [-0.2, 0) is 11.2 Å². The minimum absolute atomic E-state index is 0.0886. The van der Waals surface area contributed by atoms with Crippen molar-refractivity contribution >= 4 is 0 Å². The van der Waals surface area contributed by atoms with Crippen molar-refractivity contribution in [2.45, 2.75) is 57.6 Å². The summed E-state index contributed by atoms with van der Waals surface area (Å²) in [6.07, 6.45) is 5.63. The van der Waals surface area contributed by atoms with Gasteiger partial charge in [0, 0.05) is 13.2 Å². The van der Waals surface area contributed by atoms with E-state index in [1.165, 1.54) is 29.5 Å². The number of rotatable bonds is 4. The Morgan fingerprint density at radius 3 is 2.28 bits per heavy atom. The standard InChI is InChI=1S/C16H25NO/c1-12-7-6-8-13(2)14(12)11-15(17)16(18-3)9-4-5-10-16/h6-8,15H,4-5,9-11,17H2,1-3H3. The van der Waals surface area contributed by atoms with E-state index in [1.807, 2.05) is 7.11 Å². The number of methoxy groups -OCH3 is 1. The summed E-state index contributed by atoms with van der Waals surface area (Å²) >= 11 is 0. The second-order valence-corrected chi connectivity index (χ2v) is 5.66. The molecule has 1 aromatic rings. The highest BCUT2D eigenvalue weighted by Crippen LogP contribution is 2.36. The minimum Gasteiger partial charge on any atom is -0.377 e. The molecule has 1 aromatic carbocycles. The van der Waals surface area contributed by atoms with Gasteiger partial charge < -0.3 is 10.5 Å². The lowest BCUT2D eigenvalue weighted by Crippen LogP contribution is -2.49. The maximum Gasteiger partial charge on any atom is 0.0832 e. The molecule has 18 heavy (non-hydrogen) atoms. The van der Waals surface area contributed by atoms with E-state index in [4.69, 9.17) is 10.5 Å². The molecule has 100 valence electrons. The average Bonchev–Trinajstić information content (AvgIpc) is 2.84. The minimum atomic E-state index is -0.0886.